The summed E-state index contributed by atoms with van der Waals surface area (Å²) in [5, 5.41) is 1.02. The summed E-state index contributed by atoms with van der Waals surface area (Å²) >= 11 is 0. The van der Waals surface area contributed by atoms with Crippen LogP contribution in [-0.4, -0.2) is 39.7 Å². The first-order chi connectivity index (χ1) is 13.0. The third-order valence-corrected chi connectivity index (χ3v) is 4.72. The molecular weight excluding hydrogens is 344 g/mol. The van der Waals surface area contributed by atoms with Crippen molar-refractivity contribution in [3.8, 4) is 17.3 Å². The second kappa shape index (κ2) is 6.42. The Morgan fingerprint density at radius 3 is 2.70 bits per heavy atom. The molecule has 0 unspecified atom stereocenters. The molecule has 0 saturated heterocycles. The van der Waals surface area contributed by atoms with Crippen LogP contribution in [0.2, 0.25) is 0 Å². The monoisotopic (exact) mass is 364 g/mol. The van der Waals surface area contributed by atoms with Gasteiger partial charge in [-0.15, -0.1) is 0 Å². The molecule has 0 spiro atoms. The molecule has 0 bridgehead atoms. The van der Waals surface area contributed by atoms with Gasteiger partial charge in [0.1, 0.15) is 16.9 Å². The molecule has 7 heteroatoms. The molecule has 0 saturated carbocycles. The lowest BCUT2D eigenvalue weighted by Crippen LogP contribution is -2.02. The number of aromatic nitrogens is 4. The second-order valence-electron chi connectivity index (χ2n) is 6.31. The van der Waals surface area contributed by atoms with E-state index in [-0.39, 0.29) is 0 Å². The summed E-state index contributed by atoms with van der Waals surface area (Å²) in [5.41, 5.74) is 4.58. The molecule has 4 rings (SSSR count). The van der Waals surface area contributed by atoms with E-state index in [1.54, 1.807) is 19.2 Å². The lowest BCUT2D eigenvalue weighted by molar-refractivity contribution is 0.0600. The number of imidazole rings is 1. The van der Waals surface area contributed by atoms with E-state index >= 15 is 0 Å². The van der Waals surface area contributed by atoms with Crippen LogP contribution in [-0.2, 0) is 18.2 Å². The number of methoxy groups -OCH3 is 2. The number of benzene rings is 1. The fourth-order valence-corrected chi connectivity index (χ4v) is 3.31. The Morgan fingerprint density at radius 1 is 1.19 bits per heavy atom. The number of H-pyrrole nitrogens is 1. The van der Waals surface area contributed by atoms with Gasteiger partial charge in [0.15, 0.2) is 5.82 Å². The number of hydrogen-bond acceptors (Lipinski definition) is 5. The average Bonchev–Trinajstić information content (AvgIpc) is 3.26. The van der Waals surface area contributed by atoms with Gasteiger partial charge >= 0.3 is 5.97 Å². The minimum Gasteiger partial charge on any atom is -0.494 e. The van der Waals surface area contributed by atoms with Gasteiger partial charge in [-0.3, -0.25) is 0 Å². The number of nitrogens with one attached hydrogen (secondary N) is 1. The molecule has 0 aliphatic heterocycles. The van der Waals surface area contributed by atoms with E-state index in [1.165, 1.54) is 7.11 Å². The number of carbonyl (C=O) groups excluding carboxylic acids is 1. The number of aryl methyl sites for hydroxylation is 2. The number of carbonyl (C=O) groups is 1. The molecular formula is C20H20N4O3. The van der Waals surface area contributed by atoms with E-state index in [1.807, 2.05) is 23.7 Å². The van der Waals surface area contributed by atoms with E-state index in [2.05, 4.69) is 23.0 Å². The minimum atomic E-state index is -0.427. The quantitative estimate of drug-likeness (QED) is 0.561. The van der Waals surface area contributed by atoms with E-state index in [0.717, 1.165) is 40.2 Å². The van der Waals surface area contributed by atoms with Crippen LogP contribution in [0.4, 0.5) is 0 Å². The van der Waals surface area contributed by atoms with Crippen LogP contribution < -0.4 is 4.74 Å². The normalized spacial score (nSPS) is 11.3. The molecule has 138 valence electrons. The number of ether oxygens (including phenoxy) is 2. The van der Waals surface area contributed by atoms with E-state index < -0.39 is 5.97 Å². The summed E-state index contributed by atoms with van der Waals surface area (Å²) in [4.78, 5) is 24.6. The van der Waals surface area contributed by atoms with Gasteiger partial charge < -0.3 is 19.0 Å². The number of fused-ring (bicyclic) bond motifs is 2. The molecule has 1 N–H and O–H groups in total. The number of rotatable bonds is 4. The summed E-state index contributed by atoms with van der Waals surface area (Å²) in [6.07, 6.45) is 0.879. The zero-order valence-corrected chi connectivity index (χ0v) is 15.7. The third kappa shape index (κ3) is 2.71. The Bertz CT molecular complexity index is 1170. The molecule has 27 heavy (non-hydrogen) atoms. The predicted molar refractivity (Wildman–Crippen MR) is 103 cm³/mol. The highest BCUT2D eigenvalue weighted by Crippen LogP contribution is 2.32. The second-order valence-corrected chi connectivity index (χ2v) is 6.31. The molecule has 0 fully saturated rings. The Morgan fingerprint density at radius 2 is 2.00 bits per heavy atom. The molecule has 3 heterocycles. The standard InChI is InChI=1S/C20H20N4O3/c1-5-13-7-6-11-8-15(22-18(11)21-13)19-23-14-9-12(20(25)27-4)10-16(26-3)17(14)24(19)2/h6-10H,5H2,1-4H3,(H,21,22). The molecule has 0 amide bonds. The predicted octanol–water partition coefficient (Wildman–Crippen LogP) is 3.47. The molecule has 4 aromatic rings. The van der Waals surface area contributed by atoms with Gasteiger partial charge in [0.2, 0.25) is 0 Å². The van der Waals surface area contributed by atoms with Gasteiger partial charge in [0, 0.05) is 18.1 Å². The van der Waals surface area contributed by atoms with Gasteiger partial charge in [-0.05, 0) is 36.8 Å². The largest absolute Gasteiger partial charge is 0.494 e. The first kappa shape index (κ1) is 17.1. The maximum Gasteiger partial charge on any atom is 0.338 e. The van der Waals surface area contributed by atoms with Crippen molar-refractivity contribution in [3.05, 3.63) is 41.6 Å². The first-order valence-corrected chi connectivity index (χ1v) is 8.67. The fraction of sp³-hybridized carbons (Fsp3) is 0.250. The fourth-order valence-electron chi connectivity index (χ4n) is 3.31. The molecule has 1 aromatic carbocycles. The summed E-state index contributed by atoms with van der Waals surface area (Å²) in [6, 6.07) is 9.49. The molecule has 3 aromatic heterocycles. The van der Waals surface area contributed by atoms with Gasteiger partial charge in [0.05, 0.1) is 31.0 Å². The van der Waals surface area contributed by atoms with Gasteiger partial charge in [-0.25, -0.2) is 14.8 Å². The smallest absolute Gasteiger partial charge is 0.338 e. The number of pyridine rings is 1. The van der Waals surface area contributed by atoms with Crippen molar-refractivity contribution in [2.75, 3.05) is 14.2 Å². The van der Waals surface area contributed by atoms with Crippen LogP contribution in [0.25, 0.3) is 33.6 Å². The van der Waals surface area contributed by atoms with Crippen LogP contribution in [0.15, 0.2) is 30.3 Å². The SMILES string of the molecule is CCc1ccc2cc(-c3nc4cc(C(=O)OC)cc(OC)c4n3C)[nH]c2n1. The van der Waals surface area contributed by atoms with Crippen molar-refractivity contribution in [2.45, 2.75) is 13.3 Å². The van der Waals surface area contributed by atoms with Crippen molar-refractivity contribution in [2.24, 2.45) is 7.05 Å². The Balaban J connectivity index is 1.92. The molecule has 0 radical (unpaired) electrons. The number of aromatic amines is 1. The van der Waals surface area contributed by atoms with Gasteiger partial charge in [0.25, 0.3) is 0 Å². The molecule has 0 aliphatic carbocycles. The Labute approximate surface area is 155 Å². The van der Waals surface area contributed by atoms with Crippen molar-refractivity contribution in [1.82, 2.24) is 19.5 Å². The van der Waals surface area contributed by atoms with Crippen LogP contribution in [0, 0.1) is 0 Å². The van der Waals surface area contributed by atoms with Crippen molar-refractivity contribution >= 4 is 28.0 Å². The summed E-state index contributed by atoms with van der Waals surface area (Å²) in [7, 11) is 4.84. The highest BCUT2D eigenvalue weighted by atomic mass is 16.5. The van der Waals surface area contributed by atoms with Crippen LogP contribution >= 0.6 is 0 Å². The highest BCUT2D eigenvalue weighted by Gasteiger charge is 2.19. The van der Waals surface area contributed by atoms with E-state index in [9.17, 15) is 4.79 Å². The maximum atomic E-state index is 11.9. The summed E-state index contributed by atoms with van der Waals surface area (Å²) in [6.45, 7) is 2.08. The Hall–Kier alpha value is -3.35. The van der Waals surface area contributed by atoms with Crippen molar-refractivity contribution < 1.29 is 14.3 Å². The molecule has 0 atom stereocenters. The average molecular weight is 364 g/mol. The summed E-state index contributed by atoms with van der Waals surface area (Å²) < 4.78 is 12.3. The van der Waals surface area contributed by atoms with Crippen LogP contribution in [0.5, 0.6) is 5.75 Å². The van der Waals surface area contributed by atoms with E-state index in [0.29, 0.717) is 16.8 Å². The minimum absolute atomic E-state index is 0.400. The first-order valence-electron chi connectivity index (χ1n) is 8.67. The molecule has 0 aliphatic rings. The Kier molecular flexibility index (Phi) is 4.07. The lowest BCUT2D eigenvalue weighted by Gasteiger charge is -2.07. The number of esters is 1. The van der Waals surface area contributed by atoms with Crippen LogP contribution in [0.1, 0.15) is 23.0 Å². The zero-order valence-electron chi connectivity index (χ0n) is 15.7. The van der Waals surface area contributed by atoms with E-state index in [4.69, 9.17) is 14.5 Å². The van der Waals surface area contributed by atoms with Crippen LogP contribution in [0.3, 0.4) is 0 Å². The summed E-state index contributed by atoms with van der Waals surface area (Å²) in [5.74, 6) is 0.877. The van der Waals surface area contributed by atoms with Gasteiger partial charge in [-0.1, -0.05) is 6.92 Å². The van der Waals surface area contributed by atoms with Crippen molar-refractivity contribution in [3.63, 3.8) is 0 Å². The maximum absolute atomic E-state index is 11.9. The number of nitrogens with zero attached hydrogens (tertiary/aromatic N) is 3. The van der Waals surface area contributed by atoms with Gasteiger partial charge in [-0.2, -0.15) is 0 Å². The zero-order chi connectivity index (χ0) is 19.1. The molecule has 7 nitrogen and oxygen atoms in total. The lowest BCUT2D eigenvalue weighted by atomic mass is 10.2. The highest BCUT2D eigenvalue weighted by molar-refractivity contribution is 5.97. The number of hydrogen-bond donors (Lipinski definition) is 1. The third-order valence-electron chi connectivity index (χ3n) is 4.72. The van der Waals surface area contributed by atoms with Crippen molar-refractivity contribution in [1.29, 1.82) is 0 Å². The topological polar surface area (TPSA) is 82.0 Å².